The minimum absolute atomic E-state index is 0.00212. The van der Waals surface area contributed by atoms with Crippen LogP contribution in [-0.2, 0) is 21.2 Å². The molecule has 0 heterocycles. The van der Waals surface area contributed by atoms with E-state index in [0.717, 1.165) is 16.8 Å². The molecule has 5 nitrogen and oxygen atoms in total. The summed E-state index contributed by atoms with van der Waals surface area (Å²) in [5.74, 6) is -2.28. The van der Waals surface area contributed by atoms with Crippen molar-refractivity contribution < 1.29 is 18.3 Å². The maximum absolute atomic E-state index is 12.0. The summed E-state index contributed by atoms with van der Waals surface area (Å²) in [7, 11) is -3.81. The number of carbonyl (C=O) groups is 1. The molecule has 6 heteroatoms. The van der Waals surface area contributed by atoms with E-state index in [0.29, 0.717) is 6.54 Å². The first-order valence-corrected chi connectivity index (χ1v) is 10.8. The predicted molar refractivity (Wildman–Crippen MR) is 115 cm³/mol. The van der Waals surface area contributed by atoms with Crippen molar-refractivity contribution in [3.05, 3.63) is 83.4 Å². The van der Waals surface area contributed by atoms with Gasteiger partial charge in [-0.1, -0.05) is 42.0 Å². The number of aryl methyl sites for hydroxylation is 2. The predicted octanol–water partition coefficient (Wildman–Crippen LogP) is 4.44. The lowest BCUT2D eigenvalue weighted by molar-refractivity contribution is -0.134. The van der Waals surface area contributed by atoms with Crippen molar-refractivity contribution in [1.29, 1.82) is 0 Å². The molecule has 150 valence electrons. The van der Waals surface area contributed by atoms with Gasteiger partial charge in [-0.25, -0.2) is 8.42 Å². The highest BCUT2D eigenvalue weighted by Crippen LogP contribution is 2.25. The lowest BCUT2D eigenvalue weighted by Gasteiger charge is -2.11. The van der Waals surface area contributed by atoms with Crippen molar-refractivity contribution >= 4 is 21.5 Å². The van der Waals surface area contributed by atoms with E-state index in [9.17, 15) is 13.2 Å². The number of carboxylic acids is 1. The van der Waals surface area contributed by atoms with Crippen LogP contribution in [-0.4, -0.2) is 25.2 Å². The Morgan fingerprint density at radius 3 is 2.34 bits per heavy atom. The van der Waals surface area contributed by atoms with Crippen LogP contribution >= 0.6 is 0 Å². The van der Waals surface area contributed by atoms with Gasteiger partial charge in [0.1, 0.15) is 0 Å². The second-order valence-corrected chi connectivity index (χ2v) is 9.04. The van der Waals surface area contributed by atoms with E-state index in [2.05, 4.69) is 49.5 Å². The van der Waals surface area contributed by atoms with E-state index >= 15 is 0 Å². The smallest absolute Gasteiger partial charge is 0.319 e. The molecule has 2 N–H and O–H groups in total. The molecule has 0 radical (unpaired) electrons. The zero-order valence-electron chi connectivity index (χ0n) is 16.3. The Bertz CT molecular complexity index is 1140. The second-order valence-electron chi connectivity index (χ2n) is 7.05. The average molecular weight is 410 g/mol. The van der Waals surface area contributed by atoms with Gasteiger partial charge in [0, 0.05) is 12.2 Å². The number of anilines is 1. The second kappa shape index (κ2) is 8.49. The molecule has 29 heavy (non-hydrogen) atoms. The number of hydrogen-bond acceptors (Lipinski definition) is 4. The first-order chi connectivity index (χ1) is 13.7. The van der Waals surface area contributed by atoms with Crippen LogP contribution in [0.4, 0.5) is 5.69 Å². The van der Waals surface area contributed by atoms with Crippen molar-refractivity contribution in [2.45, 2.75) is 25.3 Å². The standard InChI is InChI=1S/C23H23NO4S/c1-16-6-11-22(17(2)12-16)19-5-3-4-18(13-19)14-24-20-7-9-21(10-8-20)29(27,28)15-23(25)26/h3-13,24H,14-15H2,1-2H3,(H,25,26). The molecule has 0 aliphatic carbocycles. The van der Waals surface area contributed by atoms with E-state index in [1.165, 1.54) is 28.8 Å². The van der Waals surface area contributed by atoms with Crippen LogP contribution in [0.5, 0.6) is 0 Å². The molecule has 3 rings (SSSR count). The van der Waals surface area contributed by atoms with Gasteiger partial charge in [-0.3, -0.25) is 4.79 Å². The highest BCUT2D eigenvalue weighted by molar-refractivity contribution is 7.92. The molecule has 3 aromatic carbocycles. The van der Waals surface area contributed by atoms with Gasteiger partial charge in [-0.15, -0.1) is 0 Å². The molecular weight excluding hydrogens is 386 g/mol. The van der Waals surface area contributed by atoms with Gasteiger partial charge >= 0.3 is 5.97 Å². The van der Waals surface area contributed by atoms with Crippen molar-refractivity contribution in [3.8, 4) is 11.1 Å². The fourth-order valence-corrected chi connectivity index (χ4v) is 4.26. The molecular formula is C23H23NO4S. The Kier molecular flexibility index (Phi) is 6.03. The molecule has 0 atom stereocenters. The summed E-state index contributed by atoms with van der Waals surface area (Å²) in [5.41, 5.74) is 6.68. The minimum Gasteiger partial charge on any atom is -0.480 e. The van der Waals surface area contributed by atoms with Gasteiger partial charge in [0.2, 0.25) is 0 Å². The molecule has 0 saturated carbocycles. The third-order valence-corrected chi connectivity index (χ3v) is 6.26. The fourth-order valence-electron chi connectivity index (χ4n) is 3.22. The zero-order valence-corrected chi connectivity index (χ0v) is 17.2. The molecule has 0 fully saturated rings. The number of carboxylic acid groups (broad SMARTS) is 1. The Labute approximate surface area is 171 Å². The van der Waals surface area contributed by atoms with Gasteiger partial charge in [-0.2, -0.15) is 0 Å². The van der Waals surface area contributed by atoms with Crippen LogP contribution in [0.1, 0.15) is 16.7 Å². The molecule has 3 aromatic rings. The molecule has 0 aliphatic heterocycles. The van der Waals surface area contributed by atoms with Crippen LogP contribution in [0.3, 0.4) is 0 Å². The molecule has 0 saturated heterocycles. The van der Waals surface area contributed by atoms with E-state index < -0.39 is 21.6 Å². The highest BCUT2D eigenvalue weighted by Gasteiger charge is 2.18. The van der Waals surface area contributed by atoms with Crippen molar-refractivity contribution in [2.75, 3.05) is 11.1 Å². The van der Waals surface area contributed by atoms with Crippen molar-refractivity contribution in [2.24, 2.45) is 0 Å². The van der Waals surface area contributed by atoms with E-state index in [4.69, 9.17) is 5.11 Å². The number of sulfone groups is 1. The van der Waals surface area contributed by atoms with Crippen molar-refractivity contribution in [1.82, 2.24) is 0 Å². The zero-order chi connectivity index (χ0) is 21.0. The van der Waals surface area contributed by atoms with E-state index in [1.807, 2.05) is 12.1 Å². The van der Waals surface area contributed by atoms with Gasteiger partial charge in [-0.05, 0) is 66.4 Å². The first kappa shape index (κ1) is 20.6. The lowest BCUT2D eigenvalue weighted by atomic mass is 9.97. The molecule has 0 spiro atoms. The van der Waals surface area contributed by atoms with Crippen LogP contribution < -0.4 is 5.32 Å². The molecule has 0 amide bonds. The third-order valence-electron chi connectivity index (χ3n) is 4.64. The summed E-state index contributed by atoms with van der Waals surface area (Å²) >= 11 is 0. The summed E-state index contributed by atoms with van der Waals surface area (Å²) in [6, 6.07) is 20.8. The number of nitrogens with one attached hydrogen (secondary N) is 1. The Balaban J connectivity index is 1.71. The van der Waals surface area contributed by atoms with Gasteiger partial charge < -0.3 is 10.4 Å². The molecule has 0 bridgehead atoms. The summed E-state index contributed by atoms with van der Waals surface area (Å²) in [6.45, 7) is 4.77. The van der Waals surface area contributed by atoms with Crippen LogP contribution in [0.2, 0.25) is 0 Å². The minimum atomic E-state index is -3.81. The van der Waals surface area contributed by atoms with Crippen LogP contribution in [0.25, 0.3) is 11.1 Å². The maximum Gasteiger partial charge on any atom is 0.319 e. The maximum atomic E-state index is 12.0. The SMILES string of the molecule is Cc1ccc(-c2cccc(CNc3ccc(S(=O)(=O)CC(=O)O)cc3)c2)c(C)c1. The quantitative estimate of drug-likeness (QED) is 0.603. The van der Waals surface area contributed by atoms with E-state index in [-0.39, 0.29) is 4.90 Å². The Morgan fingerprint density at radius 2 is 1.69 bits per heavy atom. The summed E-state index contributed by atoms with van der Waals surface area (Å²) in [6.07, 6.45) is 0. The molecule has 0 aromatic heterocycles. The first-order valence-electron chi connectivity index (χ1n) is 9.20. The topological polar surface area (TPSA) is 83.5 Å². The Morgan fingerprint density at radius 1 is 0.966 bits per heavy atom. The normalized spacial score (nSPS) is 11.2. The summed E-state index contributed by atoms with van der Waals surface area (Å²) in [5, 5.41) is 12.0. The molecule has 0 unspecified atom stereocenters. The molecule has 0 aliphatic rings. The third kappa shape index (κ3) is 5.23. The highest BCUT2D eigenvalue weighted by atomic mass is 32.2. The Hall–Kier alpha value is -3.12. The fraction of sp³-hybridized carbons (Fsp3) is 0.174. The van der Waals surface area contributed by atoms with Gasteiger partial charge in [0.05, 0.1) is 4.90 Å². The average Bonchev–Trinajstić information content (AvgIpc) is 2.66. The van der Waals surface area contributed by atoms with Crippen molar-refractivity contribution in [3.63, 3.8) is 0 Å². The lowest BCUT2D eigenvalue weighted by Crippen LogP contribution is -2.15. The largest absolute Gasteiger partial charge is 0.480 e. The number of aliphatic carboxylic acids is 1. The van der Waals surface area contributed by atoms with Gasteiger partial charge in [0.25, 0.3) is 0 Å². The summed E-state index contributed by atoms with van der Waals surface area (Å²) in [4.78, 5) is 10.7. The number of hydrogen-bond donors (Lipinski definition) is 2. The number of benzene rings is 3. The van der Waals surface area contributed by atoms with Crippen LogP contribution in [0, 0.1) is 13.8 Å². The number of rotatable bonds is 7. The van der Waals surface area contributed by atoms with Gasteiger partial charge in [0.15, 0.2) is 15.6 Å². The monoisotopic (exact) mass is 409 g/mol. The van der Waals surface area contributed by atoms with Crippen LogP contribution in [0.15, 0.2) is 71.6 Å². The van der Waals surface area contributed by atoms with E-state index in [1.54, 1.807) is 12.1 Å². The summed E-state index contributed by atoms with van der Waals surface area (Å²) < 4.78 is 23.9.